The topological polar surface area (TPSA) is 38.5 Å². The molecule has 0 saturated carbocycles. The lowest BCUT2D eigenvalue weighted by Crippen LogP contribution is -2.21. The number of benzene rings is 1. The van der Waals surface area contributed by atoms with E-state index in [1.807, 2.05) is 0 Å². The zero-order valence-corrected chi connectivity index (χ0v) is 12.1. The minimum absolute atomic E-state index is 0.435. The van der Waals surface area contributed by atoms with Crippen LogP contribution in [0.15, 0.2) is 18.2 Å². The van der Waals surface area contributed by atoms with Gasteiger partial charge in [0.2, 0.25) is 0 Å². The predicted molar refractivity (Wildman–Crippen MR) is 77.1 cm³/mol. The lowest BCUT2D eigenvalue weighted by Gasteiger charge is -2.25. The van der Waals surface area contributed by atoms with Crippen LogP contribution < -0.4 is 10.5 Å². The highest BCUT2D eigenvalue weighted by Crippen LogP contribution is 2.28. The van der Waals surface area contributed by atoms with Crippen LogP contribution in [-0.2, 0) is 6.42 Å². The molecule has 0 radical (unpaired) electrons. The fraction of sp³-hybridized carbons (Fsp3) is 0.600. The van der Waals surface area contributed by atoms with E-state index in [1.165, 1.54) is 11.1 Å². The summed E-state index contributed by atoms with van der Waals surface area (Å²) in [5, 5.41) is 0. The van der Waals surface area contributed by atoms with Crippen molar-refractivity contribution < 1.29 is 4.74 Å². The number of hydrogen-bond acceptors (Lipinski definition) is 3. The molecule has 102 valence electrons. The zero-order chi connectivity index (χ0) is 13.5. The van der Waals surface area contributed by atoms with Gasteiger partial charge in [-0.1, -0.05) is 19.1 Å². The quantitative estimate of drug-likeness (QED) is 0.808. The van der Waals surface area contributed by atoms with E-state index in [0.717, 1.165) is 31.6 Å². The molecule has 1 rings (SSSR count). The first-order valence-corrected chi connectivity index (χ1v) is 6.67. The summed E-state index contributed by atoms with van der Waals surface area (Å²) in [5.74, 6) is 0.984. The van der Waals surface area contributed by atoms with Gasteiger partial charge in [0.05, 0.1) is 7.11 Å². The first-order chi connectivity index (χ1) is 8.63. The van der Waals surface area contributed by atoms with Gasteiger partial charge in [-0.05, 0) is 57.1 Å². The van der Waals surface area contributed by atoms with E-state index in [4.69, 9.17) is 10.5 Å². The predicted octanol–water partition coefficient (Wildman–Crippen LogP) is 2.60. The number of aryl methyl sites for hydroxylation is 1. The zero-order valence-electron chi connectivity index (χ0n) is 12.1. The van der Waals surface area contributed by atoms with E-state index in [-0.39, 0.29) is 0 Å². The molecule has 0 fully saturated rings. The van der Waals surface area contributed by atoms with E-state index >= 15 is 0 Å². The number of hydrogen-bond donors (Lipinski definition) is 1. The highest BCUT2D eigenvalue weighted by atomic mass is 16.5. The maximum atomic E-state index is 5.62. The van der Waals surface area contributed by atoms with Crippen LogP contribution in [0.5, 0.6) is 5.75 Å². The van der Waals surface area contributed by atoms with Gasteiger partial charge in [-0.15, -0.1) is 0 Å². The van der Waals surface area contributed by atoms with E-state index in [0.29, 0.717) is 6.04 Å². The first kappa shape index (κ1) is 15.0. The van der Waals surface area contributed by atoms with Crippen molar-refractivity contribution in [1.82, 2.24) is 4.90 Å². The van der Waals surface area contributed by atoms with Gasteiger partial charge < -0.3 is 15.4 Å². The maximum Gasteiger partial charge on any atom is 0.122 e. The summed E-state index contributed by atoms with van der Waals surface area (Å²) in [4.78, 5) is 2.26. The van der Waals surface area contributed by atoms with Crippen LogP contribution in [0, 0.1) is 0 Å². The Balaban J connectivity index is 2.97. The van der Waals surface area contributed by atoms with Crippen molar-refractivity contribution >= 4 is 0 Å². The molecule has 3 heteroatoms. The van der Waals surface area contributed by atoms with Crippen LogP contribution in [0.1, 0.15) is 36.9 Å². The molecule has 3 nitrogen and oxygen atoms in total. The second kappa shape index (κ2) is 7.39. The highest BCUT2D eigenvalue weighted by Gasteiger charge is 2.15. The summed E-state index contributed by atoms with van der Waals surface area (Å²) < 4.78 is 5.38. The Bertz CT molecular complexity index is 364. The molecule has 0 saturated heterocycles. The number of nitrogens with zero attached hydrogens (tertiary/aromatic N) is 1. The van der Waals surface area contributed by atoms with Gasteiger partial charge in [0.25, 0.3) is 0 Å². The number of rotatable bonds is 7. The van der Waals surface area contributed by atoms with Gasteiger partial charge >= 0.3 is 0 Å². The van der Waals surface area contributed by atoms with E-state index < -0.39 is 0 Å². The Morgan fingerprint density at radius 1 is 1.33 bits per heavy atom. The molecule has 1 aromatic carbocycles. The fourth-order valence-corrected chi connectivity index (χ4v) is 2.32. The minimum atomic E-state index is 0.435. The molecule has 0 aliphatic carbocycles. The molecule has 0 aliphatic heterocycles. The standard InChI is InChI=1S/C15H26N2O/c1-5-12-11-13(8-9-15(12)18-4)14(17(2)3)7-6-10-16/h8-9,11,14H,5-7,10,16H2,1-4H3. The number of nitrogens with two attached hydrogens (primary N) is 1. The van der Waals surface area contributed by atoms with Crippen molar-refractivity contribution in [2.75, 3.05) is 27.7 Å². The summed E-state index contributed by atoms with van der Waals surface area (Å²) >= 11 is 0. The van der Waals surface area contributed by atoms with Crippen molar-refractivity contribution in [3.05, 3.63) is 29.3 Å². The van der Waals surface area contributed by atoms with Crippen LogP contribution in [0.4, 0.5) is 0 Å². The fourth-order valence-electron chi connectivity index (χ4n) is 2.32. The molecule has 1 aromatic rings. The SMILES string of the molecule is CCc1cc(C(CCCN)N(C)C)ccc1OC. The lowest BCUT2D eigenvalue weighted by atomic mass is 9.97. The molecule has 0 heterocycles. The lowest BCUT2D eigenvalue weighted by molar-refractivity contribution is 0.280. The third-order valence-electron chi connectivity index (χ3n) is 3.38. The molecule has 0 spiro atoms. The van der Waals surface area contributed by atoms with Crippen LogP contribution in [-0.4, -0.2) is 32.6 Å². The maximum absolute atomic E-state index is 5.62. The molecule has 1 atom stereocenters. The van der Waals surface area contributed by atoms with E-state index in [2.05, 4.69) is 44.1 Å². The van der Waals surface area contributed by atoms with Gasteiger partial charge in [-0.2, -0.15) is 0 Å². The molecular formula is C15H26N2O. The van der Waals surface area contributed by atoms with Crippen molar-refractivity contribution in [2.24, 2.45) is 5.73 Å². The second-order valence-electron chi connectivity index (χ2n) is 4.84. The Hall–Kier alpha value is -1.06. The highest BCUT2D eigenvalue weighted by molar-refractivity contribution is 5.38. The molecule has 18 heavy (non-hydrogen) atoms. The molecule has 1 unspecified atom stereocenters. The van der Waals surface area contributed by atoms with Crippen molar-refractivity contribution in [3.8, 4) is 5.75 Å². The van der Waals surface area contributed by atoms with Crippen LogP contribution >= 0.6 is 0 Å². The van der Waals surface area contributed by atoms with Crippen molar-refractivity contribution in [2.45, 2.75) is 32.2 Å². The molecular weight excluding hydrogens is 224 g/mol. The Labute approximate surface area is 111 Å². The van der Waals surface area contributed by atoms with Crippen molar-refractivity contribution in [1.29, 1.82) is 0 Å². The average molecular weight is 250 g/mol. The Morgan fingerprint density at radius 3 is 2.56 bits per heavy atom. The van der Waals surface area contributed by atoms with Gasteiger partial charge in [-0.25, -0.2) is 0 Å². The van der Waals surface area contributed by atoms with E-state index in [1.54, 1.807) is 7.11 Å². The van der Waals surface area contributed by atoms with Crippen LogP contribution in [0.25, 0.3) is 0 Å². The Kier molecular flexibility index (Phi) is 6.16. The third-order valence-corrected chi connectivity index (χ3v) is 3.38. The van der Waals surface area contributed by atoms with E-state index in [9.17, 15) is 0 Å². The average Bonchev–Trinajstić information content (AvgIpc) is 2.38. The number of ether oxygens (including phenoxy) is 1. The summed E-state index contributed by atoms with van der Waals surface area (Å²) in [6, 6.07) is 6.94. The van der Waals surface area contributed by atoms with Crippen molar-refractivity contribution in [3.63, 3.8) is 0 Å². The molecule has 2 N–H and O–H groups in total. The summed E-state index contributed by atoms with van der Waals surface area (Å²) in [6.45, 7) is 2.91. The van der Waals surface area contributed by atoms with Gasteiger partial charge in [-0.3, -0.25) is 0 Å². The number of methoxy groups -OCH3 is 1. The van der Waals surface area contributed by atoms with Gasteiger partial charge in [0.1, 0.15) is 5.75 Å². The molecule has 0 amide bonds. The van der Waals surface area contributed by atoms with Crippen LogP contribution in [0.2, 0.25) is 0 Å². The normalized spacial score (nSPS) is 12.8. The minimum Gasteiger partial charge on any atom is -0.496 e. The monoisotopic (exact) mass is 250 g/mol. The second-order valence-corrected chi connectivity index (χ2v) is 4.84. The van der Waals surface area contributed by atoms with Gasteiger partial charge in [0.15, 0.2) is 0 Å². The van der Waals surface area contributed by atoms with Crippen LogP contribution in [0.3, 0.4) is 0 Å². The Morgan fingerprint density at radius 2 is 2.06 bits per heavy atom. The molecule has 0 bridgehead atoms. The van der Waals surface area contributed by atoms with Gasteiger partial charge in [0, 0.05) is 6.04 Å². The molecule has 0 aliphatic rings. The largest absolute Gasteiger partial charge is 0.496 e. The first-order valence-electron chi connectivity index (χ1n) is 6.67. The summed E-state index contributed by atoms with van der Waals surface area (Å²) in [7, 11) is 5.97. The summed E-state index contributed by atoms with van der Waals surface area (Å²) in [6.07, 6.45) is 3.14. The molecule has 0 aromatic heterocycles. The smallest absolute Gasteiger partial charge is 0.122 e. The third kappa shape index (κ3) is 3.72. The summed E-state index contributed by atoms with van der Waals surface area (Å²) in [5.41, 5.74) is 8.24.